The number of hydrogen-bond donors (Lipinski definition) is 2. The van der Waals surface area contributed by atoms with Crippen molar-refractivity contribution in [3.05, 3.63) is 95.1 Å². The van der Waals surface area contributed by atoms with Crippen LogP contribution in [0.3, 0.4) is 0 Å². The summed E-state index contributed by atoms with van der Waals surface area (Å²) in [7, 11) is 0. The van der Waals surface area contributed by atoms with Gasteiger partial charge in [-0.25, -0.2) is 4.98 Å². The van der Waals surface area contributed by atoms with Crippen LogP contribution in [0.4, 0.5) is 5.69 Å². The molecule has 0 fully saturated rings. The van der Waals surface area contributed by atoms with Crippen molar-refractivity contribution in [2.45, 2.75) is 6.92 Å². The SMILES string of the molecule is Cc1ccc(-c2cnc(-c3ccccc3C(=O)NCC(=O)Nc3ccc(Cl)cc3)o2)cc1. The van der Waals surface area contributed by atoms with Crippen LogP contribution < -0.4 is 10.6 Å². The molecule has 0 spiro atoms. The molecule has 0 aliphatic heterocycles. The third-order valence-electron chi connectivity index (χ3n) is 4.78. The maximum absolute atomic E-state index is 12.8. The predicted octanol–water partition coefficient (Wildman–Crippen LogP) is 5.34. The van der Waals surface area contributed by atoms with Gasteiger partial charge in [-0.15, -0.1) is 0 Å². The van der Waals surface area contributed by atoms with E-state index < -0.39 is 5.91 Å². The smallest absolute Gasteiger partial charge is 0.252 e. The van der Waals surface area contributed by atoms with E-state index in [0.717, 1.165) is 11.1 Å². The molecule has 3 aromatic carbocycles. The van der Waals surface area contributed by atoms with Crippen molar-refractivity contribution in [2.24, 2.45) is 0 Å². The number of carbonyl (C=O) groups excluding carboxylic acids is 2. The molecule has 32 heavy (non-hydrogen) atoms. The number of amides is 2. The predicted molar refractivity (Wildman–Crippen MR) is 125 cm³/mol. The minimum absolute atomic E-state index is 0.185. The highest BCUT2D eigenvalue weighted by atomic mass is 35.5. The van der Waals surface area contributed by atoms with Crippen LogP contribution >= 0.6 is 11.6 Å². The molecule has 1 heterocycles. The molecule has 0 saturated carbocycles. The van der Waals surface area contributed by atoms with E-state index >= 15 is 0 Å². The lowest BCUT2D eigenvalue weighted by Gasteiger charge is -2.09. The Kier molecular flexibility index (Phi) is 6.33. The van der Waals surface area contributed by atoms with Gasteiger partial charge in [-0.2, -0.15) is 0 Å². The fraction of sp³-hybridized carbons (Fsp3) is 0.0800. The van der Waals surface area contributed by atoms with Crippen molar-refractivity contribution < 1.29 is 14.0 Å². The molecule has 1 aromatic heterocycles. The van der Waals surface area contributed by atoms with Crippen LogP contribution in [0.5, 0.6) is 0 Å². The molecule has 0 aliphatic rings. The molecule has 2 N–H and O–H groups in total. The number of carbonyl (C=O) groups is 2. The summed E-state index contributed by atoms with van der Waals surface area (Å²) in [5, 5.41) is 5.92. The quantitative estimate of drug-likeness (QED) is 0.419. The third kappa shape index (κ3) is 5.04. The zero-order chi connectivity index (χ0) is 22.5. The molecule has 0 unspecified atom stereocenters. The van der Waals surface area contributed by atoms with Crippen molar-refractivity contribution in [2.75, 3.05) is 11.9 Å². The summed E-state index contributed by atoms with van der Waals surface area (Å²) in [5.41, 5.74) is 3.55. The van der Waals surface area contributed by atoms with Crippen LogP contribution in [-0.4, -0.2) is 23.3 Å². The number of nitrogens with one attached hydrogen (secondary N) is 2. The maximum atomic E-state index is 12.8. The fourth-order valence-electron chi connectivity index (χ4n) is 3.11. The van der Waals surface area contributed by atoms with Crippen molar-refractivity contribution in [1.29, 1.82) is 0 Å². The van der Waals surface area contributed by atoms with Gasteiger partial charge in [0.2, 0.25) is 11.8 Å². The molecule has 6 nitrogen and oxygen atoms in total. The number of anilines is 1. The molecule has 0 atom stereocenters. The second kappa shape index (κ2) is 9.49. The van der Waals surface area contributed by atoms with E-state index in [1.54, 1.807) is 54.7 Å². The molecule has 160 valence electrons. The number of rotatable bonds is 6. The van der Waals surface area contributed by atoms with Crippen LogP contribution in [0, 0.1) is 6.92 Å². The maximum Gasteiger partial charge on any atom is 0.252 e. The Bertz CT molecular complexity index is 1250. The zero-order valence-electron chi connectivity index (χ0n) is 17.3. The van der Waals surface area contributed by atoms with Crippen LogP contribution in [0.25, 0.3) is 22.8 Å². The van der Waals surface area contributed by atoms with E-state index in [1.165, 1.54) is 0 Å². The Labute approximate surface area is 190 Å². The van der Waals surface area contributed by atoms with Crippen LogP contribution in [0.1, 0.15) is 15.9 Å². The van der Waals surface area contributed by atoms with E-state index in [0.29, 0.717) is 33.5 Å². The summed E-state index contributed by atoms with van der Waals surface area (Å²) in [6.45, 7) is 1.83. The molecule has 0 radical (unpaired) electrons. The van der Waals surface area contributed by atoms with E-state index in [1.807, 2.05) is 31.2 Å². The molecule has 0 saturated heterocycles. The fourth-order valence-corrected chi connectivity index (χ4v) is 3.24. The zero-order valence-corrected chi connectivity index (χ0v) is 18.0. The summed E-state index contributed by atoms with van der Waals surface area (Å²) in [4.78, 5) is 29.3. The largest absolute Gasteiger partial charge is 0.436 e. The normalized spacial score (nSPS) is 10.6. The van der Waals surface area contributed by atoms with Crippen LogP contribution in [0.15, 0.2) is 83.4 Å². The molecular formula is C25H20ClN3O3. The molecular weight excluding hydrogens is 426 g/mol. The summed E-state index contributed by atoms with van der Waals surface area (Å²) in [5.74, 6) is 0.187. The second-order valence-electron chi connectivity index (χ2n) is 7.18. The Balaban J connectivity index is 1.46. The number of benzene rings is 3. The summed E-state index contributed by atoms with van der Waals surface area (Å²) >= 11 is 5.84. The number of aromatic nitrogens is 1. The Morgan fingerprint density at radius 2 is 1.69 bits per heavy atom. The van der Waals surface area contributed by atoms with E-state index in [-0.39, 0.29) is 12.5 Å². The topological polar surface area (TPSA) is 84.2 Å². The van der Waals surface area contributed by atoms with Gasteiger partial charge in [0.1, 0.15) is 0 Å². The highest BCUT2D eigenvalue weighted by Gasteiger charge is 2.17. The van der Waals surface area contributed by atoms with Crippen LogP contribution in [0.2, 0.25) is 5.02 Å². The van der Waals surface area contributed by atoms with Crippen LogP contribution in [-0.2, 0) is 4.79 Å². The minimum atomic E-state index is -0.401. The molecule has 0 aliphatic carbocycles. The standard InChI is InChI=1S/C25H20ClN3O3/c1-16-6-8-17(9-7-16)22-14-28-25(32-22)21-5-3-2-4-20(21)24(31)27-15-23(30)29-19-12-10-18(26)11-13-19/h2-14H,15H2,1H3,(H,27,31)(H,29,30). The van der Waals surface area contributed by atoms with Crippen molar-refractivity contribution in [3.8, 4) is 22.8 Å². The van der Waals surface area contributed by atoms with Gasteiger partial charge in [0.05, 0.1) is 18.3 Å². The van der Waals surface area contributed by atoms with Crippen molar-refractivity contribution >= 4 is 29.1 Å². The highest BCUT2D eigenvalue weighted by molar-refractivity contribution is 6.30. The lowest BCUT2D eigenvalue weighted by atomic mass is 10.1. The first-order chi connectivity index (χ1) is 15.5. The monoisotopic (exact) mass is 445 g/mol. The van der Waals surface area contributed by atoms with E-state index in [9.17, 15) is 9.59 Å². The van der Waals surface area contributed by atoms with E-state index in [2.05, 4.69) is 15.6 Å². The van der Waals surface area contributed by atoms with Crippen molar-refractivity contribution in [3.63, 3.8) is 0 Å². The average Bonchev–Trinajstić information content (AvgIpc) is 3.30. The van der Waals surface area contributed by atoms with E-state index in [4.69, 9.17) is 16.0 Å². The van der Waals surface area contributed by atoms with Gasteiger partial charge in [-0.1, -0.05) is 53.6 Å². The third-order valence-corrected chi connectivity index (χ3v) is 5.03. The van der Waals surface area contributed by atoms with Gasteiger partial charge in [0.25, 0.3) is 5.91 Å². The van der Waals surface area contributed by atoms with Gasteiger partial charge in [0, 0.05) is 21.8 Å². The Morgan fingerprint density at radius 1 is 0.969 bits per heavy atom. The molecule has 7 heteroatoms. The van der Waals surface area contributed by atoms with Gasteiger partial charge in [-0.3, -0.25) is 9.59 Å². The lowest BCUT2D eigenvalue weighted by Crippen LogP contribution is -2.33. The first-order valence-corrected chi connectivity index (χ1v) is 10.3. The molecule has 4 aromatic rings. The minimum Gasteiger partial charge on any atom is -0.436 e. The molecule has 2 amide bonds. The summed E-state index contributed by atoms with van der Waals surface area (Å²) in [6.07, 6.45) is 1.63. The Morgan fingerprint density at radius 3 is 2.44 bits per heavy atom. The lowest BCUT2D eigenvalue weighted by molar-refractivity contribution is -0.115. The highest BCUT2D eigenvalue weighted by Crippen LogP contribution is 2.28. The number of halogens is 1. The first kappa shape index (κ1) is 21.3. The Hall–Kier alpha value is -3.90. The summed E-state index contributed by atoms with van der Waals surface area (Å²) < 4.78 is 5.92. The summed E-state index contributed by atoms with van der Waals surface area (Å²) in [6, 6.07) is 21.6. The first-order valence-electron chi connectivity index (χ1n) is 9.95. The molecule has 4 rings (SSSR count). The second-order valence-corrected chi connectivity index (χ2v) is 7.62. The number of hydrogen-bond acceptors (Lipinski definition) is 4. The average molecular weight is 446 g/mol. The van der Waals surface area contributed by atoms with Crippen molar-refractivity contribution in [1.82, 2.24) is 10.3 Å². The van der Waals surface area contributed by atoms with Gasteiger partial charge < -0.3 is 15.1 Å². The van der Waals surface area contributed by atoms with Gasteiger partial charge in [-0.05, 0) is 43.3 Å². The number of oxazole rings is 1. The number of nitrogens with zero attached hydrogens (tertiary/aromatic N) is 1. The van der Waals surface area contributed by atoms with Gasteiger partial charge >= 0.3 is 0 Å². The van der Waals surface area contributed by atoms with Gasteiger partial charge in [0.15, 0.2) is 5.76 Å². The molecule has 0 bridgehead atoms. The number of aryl methyl sites for hydroxylation is 1.